The Hall–Kier alpha value is -0.260. The van der Waals surface area contributed by atoms with Crippen LogP contribution in [0, 0.1) is 11.8 Å². The summed E-state index contributed by atoms with van der Waals surface area (Å²) >= 11 is 0. The third-order valence-electron chi connectivity index (χ3n) is 3.00. The fourth-order valence-electron chi connectivity index (χ4n) is 2.39. The summed E-state index contributed by atoms with van der Waals surface area (Å²) in [6.45, 7) is 2.18. The van der Waals surface area contributed by atoms with Crippen molar-refractivity contribution in [2.75, 3.05) is 0 Å². The Morgan fingerprint density at radius 3 is 3.00 bits per heavy atom. The number of fused-ring (bicyclic) bond motifs is 1. The second-order valence-electron chi connectivity index (χ2n) is 3.37. The molecule has 2 saturated carbocycles. The Morgan fingerprint density at radius 2 is 2.33 bits per heavy atom. The van der Waals surface area contributed by atoms with Crippen molar-refractivity contribution >= 4 is 0 Å². The third kappa shape index (κ3) is 0.654. The van der Waals surface area contributed by atoms with Crippen molar-refractivity contribution in [3.63, 3.8) is 0 Å². The van der Waals surface area contributed by atoms with E-state index in [1.165, 1.54) is 25.7 Å². The van der Waals surface area contributed by atoms with Crippen molar-refractivity contribution < 1.29 is 0 Å². The highest BCUT2D eigenvalue weighted by atomic mass is 14.4. The molecule has 2 atom stereocenters. The van der Waals surface area contributed by atoms with Gasteiger partial charge in [-0.25, -0.2) is 0 Å². The van der Waals surface area contributed by atoms with Gasteiger partial charge < -0.3 is 0 Å². The molecule has 0 aliphatic heterocycles. The highest BCUT2D eigenvalue weighted by molar-refractivity contribution is 5.19. The van der Waals surface area contributed by atoms with Crippen LogP contribution in [0.2, 0.25) is 0 Å². The van der Waals surface area contributed by atoms with E-state index in [9.17, 15) is 0 Å². The number of allylic oxidation sites excluding steroid dienone is 2. The van der Waals surface area contributed by atoms with Crippen LogP contribution < -0.4 is 0 Å². The minimum Gasteiger partial charge on any atom is -0.0882 e. The smallest absolute Gasteiger partial charge is 0.0172 e. The van der Waals surface area contributed by atoms with Crippen molar-refractivity contribution in [2.45, 2.75) is 32.6 Å². The maximum absolute atomic E-state index is 2.33. The van der Waals surface area contributed by atoms with Gasteiger partial charge in [0, 0.05) is 0 Å². The van der Waals surface area contributed by atoms with Gasteiger partial charge in [-0.15, -0.1) is 0 Å². The van der Waals surface area contributed by atoms with Gasteiger partial charge in [0.2, 0.25) is 0 Å². The van der Waals surface area contributed by atoms with Crippen LogP contribution in [0.25, 0.3) is 0 Å². The van der Waals surface area contributed by atoms with Gasteiger partial charge >= 0.3 is 0 Å². The summed E-state index contributed by atoms with van der Waals surface area (Å²) in [6.07, 6.45) is 8.26. The molecule has 0 heteroatoms. The molecule has 0 spiro atoms. The van der Waals surface area contributed by atoms with Gasteiger partial charge in [-0.1, -0.05) is 18.1 Å². The summed E-state index contributed by atoms with van der Waals surface area (Å²) in [5, 5.41) is 0. The quantitative estimate of drug-likeness (QED) is 0.433. The van der Waals surface area contributed by atoms with E-state index in [-0.39, 0.29) is 0 Å². The zero-order chi connectivity index (χ0) is 6.27. The maximum Gasteiger partial charge on any atom is -0.0172 e. The molecular formula is C9H14. The van der Waals surface area contributed by atoms with Gasteiger partial charge in [0.15, 0.2) is 0 Å². The van der Waals surface area contributed by atoms with Crippen LogP contribution in [-0.2, 0) is 0 Å². The largest absolute Gasteiger partial charge is 0.0882 e. The first-order valence-corrected chi connectivity index (χ1v) is 4.07. The molecule has 0 nitrogen and oxygen atoms in total. The molecule has 0 aromatic carbocycles. The molecule has 2 rings (SSSR count). The highest BCUT2D eigenvalue weighted by Gasteiger charge is 2.38. The van der Waals surface area contributed by atoms with Crippen LogP contribution >= 0.6 is 0 Å². The fourth-order valence-corrected chi connectivity index (χ4v) is 2.39. The van der Waals surface area contributed by atoms with Gasteiger partial charge in [0.1, 0.15) is 0 Å². The molecule has 0 aromatic heterocycles. The first-order chi connectivity index (χ1) is 4.42. The molecule has 0 amide bonds. The fraction of sp³-hybridized carbons (Fsp3) is 0.778. The summed E-state index contributed by atoms with van der Waals surface area (Å²) in [5.41, 5.74) is 1.75. The van der Waals surface area contributed by atoms with E-state index in [1.807, 2.05) is 0 Å². The summed E-state index contributed by atoms with van der Waals surface area (Å²) in [7, 11) is 0. The minimum atomic E-state index is 1.04. The minimum absolute atomic E-state index is 1.04. The van der Waals surface area contributed by atoms with E-state index in [0.29, 0.717) is 0 Å². The zero-order valence-electron chi connectivity index (χ0n) is 6.06. The maximum atomic E-state index is 2.33. The lowest BCUT2D eigenvalue weighted by Gasteiger charge is -2.34. The normalized spacial score (nSPS) is 44.8. The van der Waals surface area contributed by atoms with Crippen LogP contribution in [-0.4, -0.2) is 0 Å². The molecule has 50 valence electrons. The molecule has 2 aliphatic rings. The predicted molar refractivity (Wildman–Crippen MR) is 39.2 cm³/mol. The molecular weight excluding hydrogens is 108 g/mol. The molecule has 0 N–H and O–H groups in total. The molecule has 9 heavy (non-hydrogen) atoms. The van der Waals surface area contributed by atoms with Crippen LogP contribution in [0.1, 0.15) is 32.6 Å². The van der Waals surface area contributed by atoms with E-state index in [4.69, 9.17) is 0 Å². The van der Waals surface area contributed by atoms with Crippen LogP contribution in [0.15, 0.2) is 11.6 Å². The van der Waals surface area contributed by atoms with E-state index in [0.717, 1.165) is 11.8 Å². The number of rotatable bonds is 0. The van der Waals surface area contributed by atoms with E-state index < -0.39 is 0 Å². The van der Waals surface area contributed by atoms with Crippen molar-refractivity contribution in [3.8, 4) is 0 Å². The lowest BCUT2D eigenvalue weighted by atomic mass is 9.71. The van der Waals surface area contributed by atoms with E-state index in [1.54, 1.807) is 5.57 Å². The zero-order valence-corrected chi connectivity index (χ0v) is 6.06. The Kier molecular flexibility index (Phi) is 1.14. The lowest BCUT2D eigenvalue weighted by Crippen LogP contribution is -2.22. The lowest BCUT2D eigenvalue weighted by molar-refractivity contribution is 0.325. The van der Waals surface area contributed by atoms with E-state index >= 15 is 0 Å². The van der Waals surface area contributed by atoms with E-state index in [2.05, 4.69) is 13.0 Å². The summed E-state index contributed by atoms with van der Waals surface area (Å²) < 4.78 is 0. The van der Waals surface area contributed by atoms with Gasteiger partial charge in [-0.05, 0) is 38.0 Å². The van der Waals surface area contributed by atoms with Gasteiger partial charge in [0.05, 0.1) is 0 Å². The summed E-state index contributed by atoms with van der Waals surface area (Å²) in [6, 6.07) is 0. The first-order valence-electron chi connectivity index (χ1n) is 4.07. The Labute approximate surface area is 57.0 Å². The Morgan fingerprint density at radius 1 is 1.44 bits per heavy atom. The van der Waals surface area contributed by atoms with Gasteiger partial charge in [0.25, 0.3) is 0 Å². The standard InChI is InChI=1S/C9H14/c1-2-7-6-8-4-3-5-9(7)8/h2,8-9H,3-6H2,1H3/t8-,9+/m1/s1. The van der Waals surface area contributed by atoms with Gasteiger partial charge in [-0.2, -0.15) is 0 Å². The number of hydrogen-bond donors (Lipinski definition) is 0. The predicted octanol–water partition coefficient (Wildman–Crippen LogP) is 2.75. The molecule has 0 radical (unpaired) electrons. The second kappa shape index (κ2) is 1.86. The SMILES string of the molecule is CC=C1C[C@H]2CCC[C@@H]12. The molecule has 2 aliphatic carbocycles. The molecule has 0 saturated heterocycles. The topological polar surface area (TPSA) is 0 Å². The summed E-state index contributed by atoms with van der Waals surface area (Å²) in [5.74, 6) is 2.14. The second-order valence-corrected chi connectivity index (χ2v) is 3.37. The average molecular weight is 122 g/mol. The van der Waals surface area contributed by atoms with Gasteiger partial charge in [-0.3, -0.25) is 0 Å². The molecule has 0 unspecified atom stereocenters. The molecule has 0 aromatic rings. The van der Waals surface area contributed by atoms with Crippen molar-refractivity contribution in [2.24, 2.45) is 11.8 Å². The van der Waals surface area contributed by atoms with Crippen LogP contribution in [0.4, 0.5) is 0 Å². The Bertz CT molecular complexity index is 144. The molecule has 2 fully saturated rings. The first kappa shape index (κ1) is 5.52. The van der Waals surface area contributed by atoms with Crippen molar-refractivity contribution in [1.82, 2.24) is 0 Å². The highest BCUT2D eigenvalue weighted by Crippen LogP contribution is 2.50. The van der Waals surface area contributed by atoms with Crippen LogP contribution in [0.3, 0.4) is 0 Å². The Balaban J connectivity index is 2.09. The van der Waals surface area contributed by atoms with Crippen LogP contribution in [0.5, 0.6) is 0 Å². The monoisotopic (exact) mass is 122 g/mol. The average Bonchev–Trinajstić information content (AvgIpc) is 2.14. The van der Waals surface area contributed by atoms with Crippen molar-refractivity contribution in [1.29, 1.82) is 0 Å². The molecule has 0 bridgehead atoms. The van der Waals surface area contributed by atoms with Crippen molar-refractivity contribution in [3.05, 3.63) is 11.6 Å². The molecule has 0 heterocycles. The third-order valence-corrected chi connectivity index (χ3v) is 3.00. The summed E-state index contributed by atoms with van der Waals surface area (Å²) in [4.78, 5) is 0. The number of hydrogen-bond acceptors (Lipinski definition) is 0.